The molecule has 1 aromatic carbocycles. The average molecular weight is 199 g/mol. The van der Waals surface area contributed by atoms with E-state index in [2.05, 4.69) is 10.1 Å². The van der Waals surface area contributed by atoms with Crippen molar-refractivity contribution in [1.29, 1.82) is 0 Å². The number of alkyl halides is 2. The second-order valence-corrected chi connectivity index (χ2v) is 3.00. The van der Waals surface area contributed by atoms with Crippen molar-refractivity contribution < 1.29 is 18.3 Å². The van der Waals surface area contributed by atoms with Crippen LogP contribution in [-0.2, 0) is 11.2 Å². The Morgan fingerprint density at radius 2 is 2.29 bits per heavy atom. The van der Waals surface area contributed by atoms with Crippen LogP contribution in [0.15, 0.2) is 18.2 Å². The predicted octanol–water partition coefficient (Wildman–Crippen LogP) is 1.78. The normalized spacial score (nSPS) is 17.0. The quantitative estimate of drug-likeness (QED) is 0.737. The number of amides is 1. The Balaban J connectivity index is 2.30. The topological polar surface area (TPSA) is 38.3 Å². The summed E-state index contributed by atoms with van der Waals surface area (Å²) in [6.45, 7) is 0. The summed E-state index contributed by atoms with van der Waals surface area (Å²) in [6, 6.07) is 4.45. The van der Waals surface area contributed by atoms with E-state index in [-0.39, 0.29) is 5.75 Å². The molecule has 3 nitrogen and oxygen atoms in total. The number of carbonyl (C=O) groups is 1. The van der Waals surface area contributed by atoms with Gasteiger partial charge in [0, 0.05) is 17.3 Å². The fourth-order valence-electron chi connectivity index (χ4n) is 1.37. The summed E-state index contributed by atoms with van der Waals surface area (Å²) in [5.41, 5.74) is 0.892. The maximum atomic E-state index is 12.7. The average Bonchev–Trinajstić information content (AvgIpc) is 2.38. The van der Waals surface area contributed by atoms with Crippen LogP contribution in [0.5, 0.6) is 5.75 Å². The van der Waals surface area contributed by atoms with Gasteiger partial charge in [0.15, 0.2) is 0 Å². The van der Waals surface area contributed by atoms with E-state index in [9.17, 15) is 13.6 Å². The Kier molecular flexibility index (Phi) is 1.87. The standard InChI is InChI=1S/C9H7F2NO2/c10-9(11)4-6-1-2-7(12-5-13)3-8(6)14-9/h1-3,5H,4H2,(H,12,13). The molecule has 0 unspecified atom stereocenters. The fraction of sp³-hybridized carbons (Fsp3) is 0.222. The van der Waals surface area contributed by atoms with E-state index in [1.807, 2.05) is 0 Å². The van der Waals surface area contributed by atoms with Crippen LogP contribution in [-0.4, -0.2) is 12.5 Å². The zero-order valence-corrected chi connectivity index (χ0v) is 7.09. The summed E-state index contributed by atoms with van der Waals surface area (Å²) in [7, 11) is 0. The summed E-state index contributed by atoms with van der Waals surface area (Å²) in [4.78, 5) is 10.1. The van der Waals surface area contributed by atoms with E-state index >= 15 is 0 Å². The SMILES string of the molecule is O=CNc1ccc2c(c1)OC(F)(F)C2. The second-order valence-electron chi connectivity index (χ2n) is 3.00. The van der Waals surface area contributed by atoms with Crippen LogP contribution < -0.4 is 10.1 Å². The highest BCUT2D eigenvalue weighted by atomic mass is 19.3. The van der Waals surface area contributed by atoms with Crippen molar-refractivity contribution >= 4 is 12.1 Å². The van der Waals surface area contributed by atoms with Crippen molar-refractivity contribution in [2.24, 2.45) is 0 Å². The summed E-state index contributed by atoms with van der Waals surface area (Å²) in [5.74, 6) is 0.127. The molecule has 1 aliphatic heterocycles. The Hall–Kier alpha value is -1.65. The fourth-order valence-corrected chi connectivity index (χ4v) is 1.37. The predicted molar refractivity (Wildman–Crippen MR) is 45.4 cm³/mol. The first kappa shape index (κ1) is 8.93. The summed E-state index contributed by atoms with van der Waals surface area (Å²) in [6.07, 6.45) is -3.05. The lowest BCUT2D eigenvalue weighted by Gasteiger charge is -2.07. The number of carbonyl (C=O) groups excluding carboxylic acids is 1. The van der Waals surface area contributed by atoms with Gasteiger partial charge in [0.05, 0.1) is 6.42 Å². The molecule has 0 spiro atoms. The van der Waals surface area contributed by atoms with Gasteiger partial charge in [-0.05, 0) is 6.07 Å². The minimum absolute atomic E-state index is 0.127. The van der Waals surface area contributed by atoms with Gasteiger partial charge in [-0.15, -0.1) is 0 Å². The number of ether oxygens (including phenoxy) is 1. The van der Waals surface area contributed by atoms with Crippen molar-refractivity contribution in [3.8, 4) is 5.75 Å². The number of halogens is 2. The Morgan fingerprint density at radius 3 is 3.00 bits per heavy atom. The molecule has 1 N–H and O–H groups in total. The molecule has 0 bridgehead atoms. The smallest absolute Gasteiger partial charge is 0.402 e. The van der Waals surface area contributed by atoms with Crippen molar-refractivity contribution in [3.05, 3.63) is 23.8 Å². The molecule has 0 radical (unpaired) electrons. The van der Waals surface area contributed by atoms with Crippen LogP contribution in [0.2, 0.25) is 0 Å². The molecule has 1 aromatic rings. The van der Waals surface area contributed by atoms with Crippen LogP contribution in [0.25, 0.3) is 0 Å². The molecule has 0 aromatic heterocycles. The van der Waals surface area contributed by atoms with Gasteiger partial charge in [-0.2, -0.15) is 8.78 Å². The van der Waals surface area contributed by atoms with Gasteiger partial charge in [0.25, 0.3) is 0 Å². The first-order valence-electron chi connectivity index (χ1n) is 4.01. The molecule has 14 heavy (non-hydrogen) atoms. The minimum Gasteiger partial charge on any atom is -0.432 e. The van der Waals surface area contributed by atoms with Crippen LogP contribution in [0.3, 0.4) is 0 Å². The number of anilines is 1. The second kappa shape index (κ2) is 2.94. The molecule has 0 saturated carbocycles. The van der Waals surface area contributed by atoms with Gasteiger partial charge < -0.3 is 10.1 Å². The lowest BCUT2D eigenvalue weighted by Crippen LogP contribution is -2.20. The van der Waals surface area contributed by atoms with Crippen LogP contribution in [0.1, 0.15) is 5.56 Å². The molecule has 0 saturated heterocycles. The lowest BCUT2D eigenvalue weighted by atomic mass is 10.1. The molecule has 1 amide bonds. The third kappa shape index (κ3) is 1.53. The maximum Gasteiger partial charge on any atom is 0.402 e. The molecule has 1 aliphatic rings. The highest BCUT2D eigenvalue weighted by Crippen LogP contribution is 2.38. The van der Waals surface area contributed by atoms with E-state index < -0.39 is 12.5 Å². The molecule has 5 heteroatoms. The molecule has 74 valence electrons. The number of nitrogens with one attached hydrogen (secondary N) is 1. The monoisotopic (exact) mass is 199 g/mol. The largest absolute Gasteiger partial charge is 0.432 e. The molecule has 2 rings (SSSR count). The molecule has 0 fully saturated rings. The first-order chi connectivity index (χ1) is 6.61. The molecule has 0 atom stereocenters. The van der Waals surface area contributed by atoms with E-state index in [4.69, 9.17) is 0 Å². The van der Waals surface area contributed by atoms with Gasteiger partial charge in [-0.25, -0.2) is 0 Å². The van der Waals surface area contributed by atoms with E-state index in [0.717, 1.165) is 0 Å². The maximum absolute atomic E-state index is 12.7. The summed E-state index contributed by atoms with van der Waals surface area (Å²) in [5, 5.41) is 2.36. The Bertz CT molecular complexity index is 379. The third-order valence-corrected chi connectivity index (χ3v) is 1.95. The van der Waals surface area contributed by atoms with Crippen LogP contribution in [0.4, 0.5) is 14.5 Å². The van der Waals surface area contributed by atoms with Crippen molar-refractivity contribution in [2.75, 3.05) is 5.32 Å². The molecule has 0 aliphatic carbocycles. The first-order valence-corrected chi connectivity index (χ1v) is 4.01. The van der Waals surface area contributed by atoms with E-state index in [1.54, 1.807) is 6.07 Å². The van der Waals surface area contributed by atoms with Crippen LogP contribution in [0, 0.1) is 0 Å². The number of benzene rings is 1. The number of fused-ring (bicyclic) bond motifs is 1. The van der Waals surface area contributed by atoms with E-state index in [0.29, 0.717) is 17.7 Å². The Labute approximate surface area is 78.7 Å². The highest BCUT2D eigenvalue weighted by molar-refractivity contribution is 5.72. The number of rotatable bonds is 2. The van der Waals surface area contributed by atoms with Gasteiger partial charge in [0.2, 0.25) is 6.41 Å². The zero-order chi connectivity index (χ0) is 10.2. The summed E-state index contributed by atoms with van der Waals surface area (Å²) >= 11 is 0. The zero-order valence-electron chi connectivity index (χ0n) is 7.09. The summed E-state index contributed by atoms with van der Waals surface area (Å²) < 4.78 is 29.9. The van der Waals surface area contributed by atoms with Crippen molar-refractivity contribution in [3.63, 3.8) is 0 Å². The van der Waals surface area contributed by atoms with Crippen molar-refractivity contribution in [1.82, 2.24) is 0 Å². The molecule has 1 heterocycles. The van der Waals surface area contributed by atoms with E-state index in [1.165, 1.54) is 12.1 Å². The number of hydrogen-bond donors (Lipinski definition) is 1. The highest BCUT2D eigenvalue weighted by Gasteiger charge is 2.39. The number of hydrogen-bond acceptors (Lipinski definition) is 2. The molecular formula is C9H7F2NO2. The third-order valence-electron chi connectivity index (χ3n) is 1.95. The van der Waals surface area contributed by atoms with Gasteiger partial charge in [0.1, 0.15) is 5.75 Å². The minimum atomic E-state index is -3.12. The lowest BCUT2D eigenvalue weighted by molar-refractivity contribution is -0.159. The van der Waals surface area contributed by atoms with Crippen molar-refractivity contribution in [2.45, 2.75) is 12.5 Å². The van der Waals surface area contributed by atoms with Gasteiger partial charge >= 0.3 is 6.11 Å². The molecular weight excluding hydrogens is 192 g/mol. The Morgan fingerprint density at radius 1 is 1.50 bits per heavy atom. The van der Waals surface area contributed by atoms with Gasteiger partial charge in [-0.1, -0.05) is 6.07 Å². The van der Waals surface area contributed by atoms with Gasteiger partial charge in [-0.3, -0.25) is 4.79 Å². The van der Waals surface area contributed by atoms with Crippen LogP contribution >= 0.6 is 0 Å².